The molecule has 1 aromatic carbocycles. The molecule has 0 aliphatic carbocycles. The van der Waals surface area contributed by atoms with E-state index in [-0.39, 0.29) is 5.97 Å². The number of imidazole rings is 1. The van der Waals surface area contributed by atoms with Crippen LogP contribution < -0.4 is 5.32 Å². The van der Waals surface area contributed by atoms with Crippen LogP contribution in [0.1, 0.15) is 18.9 Å². The Morgan fingerprint density at radius 1 is 1.38 bits per heavy atom. The van der Waals surface area contributed by atoms with Crippen molar-refractivity contribution in [2.45, 2.75) is 25.4 Å². The predicted molar refractivity (Wildman–Crippen MR) is 80.7 cm³/mol. The van der Waals surface area contributed by atoms with E-state index in [2.05, 4.69) is 10.3 Å². The van der Waals surface area contributed by atoms with Crippen molar-refractivity contribution < 1.29 is 9.53 Å². The molecule has 2 rings (SSSR count). The third-order valence-electron chi connectivity index (χ3n) is 3.62. The van der Waals surface area contributed by atoms with E-state index in [1.54, 1.807) is 19.6 Å². The van der Waals surface area contributed by atoms with Gasteiger partial charge in [0.1, 0.15) is 5.54 Å². The lowest BCUT2D eigenvalue weighted by atomic mass is 9.86. The van der Waals surface area contributed by atoms with E-state index in [0.717, 1.165) is 5.56 Å². The van der Waals surface area contributed by atoms with Crippen LogP contribution in [0.15, 0.2) is 49.1 Å². The molecule has 0 spiro atoms. The van der Waals surface area contributed by atoms with Gasteiger partial charge in [0.2, 0.25) is 0 Å². The number of hydrogen-bond donors (Lipinski definition) is 1. The van der Waals surface area contributed by atoms with Crippen LogP contribution in [-0.4, -0.2) is 29.2 Å². The second kappa shape index (κ2) is 7.04. The Morgan fingerprint density at radius 2 is 2.14 bits per heavy atom. The molecule has 0 radical (unpaired) electrons. The van der Waals surface area contributed by atoms with E-state index in [1.165, 1.54) is 0 Å². The fraction of sp³-hybridized carbons (Fsp3) is 0.375. The minimum Gasteiger partial charge on any atom is -0.464 e. The van der Waals surface area contributed by atoms with Gasteiger partial charge in [-0.05, 0) is 26.0 Å². The van der Waals surface area contributed by atoms with Crippen molar-refractivity contribution in [2.24, 2.45) is 0 Å². The van der Waals surface area contributed by atoms with E-state index in [1.807, 2.05) is 48.0 Å². The topological polar surface area (TPSA) is 56.2 Å². The van der Waals surface area contributed by atoms with Gasteiger partial charge in [-0.1, -0.05) is 30.3 Å². The maximum Gasteiger partial charge on any atom is 0.331 e. The predicted octanol–water partition coefficient (Wildman–Crippen LogP) is 1.95. The Balaban J connectivity index is 2.29. The fourth-order valence-corrected chi connectivity index (χ4v) is 2.43. The lowest BCUT2D eigenvalue weighted by Gasteiger charge is -2.31. The molecule has 0 bridgehead atoms. The summed E-state index contributed by atoms with van der Waals surface area (Å²) in [6.07, 6.45) is 5.95. The number of esters is 1. The number of likely N-dealkylation sites (N-methyl/N-ethyl adjacent to an activating group) is 1. The highest BCUT2D eigenvalue weighted by atomic mass is 16.5. The molecule has 0 fully saturated rings. The first kappa shape index (κ1) is 15.3. The summed E-state index contributed by atoms with van der Waals surface area (Å²) in [5, 5.41) is 3.17. The molecule has 1 atom stereocenters. The van der Waals surface area contributed by atoms with Crippen LogP contribution in [0.3, 0.4) is 0 Å². The third kappa shape index (κ3) is 3.31. The molecule has 1 N–H and O–H groups in total. The normalized spacial score (nSPS) is 13.6. The average molecular weight is 287 g/mol. The van der Waals surface area contributed by atoms with Crippen LogP contribution in [0, 0.1) is 0 Å². The number of carbonyl (C=O) groups is 1. The van der Waals surface area contributed by atoms with Crippen molar-refractivity contribution in [1.82, 2.24) is 14.9 Å². The maximum atomic E-state index is 12.5. The Kier molecular flexibility index (Phi) is 5.11. The summed E-state index contributed by atoms with van der Waals surface area (Å²) in [5.41, 5.74) is 0.0627. The third-order valence-corrected chi connectivity index (χ3v) is 3.62. The van der Waals surface area contributed by atoms with Crippen LogP contribution in [0.4, 0.5) is 0 Å². The van der Waals surface area contributed by atoms with Crippen LogP contribution in [-0.2, 0) is 21.6 Å². The van der Waals surface area contributed by atoms with E-state index in [9.17, 15) is 4.79 Å². The maximum absolute atomic E-state index is 12.5. The average Bonchev–Trinajstić information content (AvgIpc) is 3.03. The molecule has 1 unspecified atom stereocenters. The number of ether oxygens (including phenoxy) is 1. The zero-order valence-electron chi connectivity index (χ0n) is 12.5. The summed E-state index contributed by atoms with van der Waals surface area (Å²) in [5.74, 6) is -0.251. The summed E-state index contributed by atoms with van der Waals surface area (Å²) in [6, 6.07) is 9.68. The van der Waals surface area contributed by atoms with E-state index in [0.29, 0.717) is 19.6 Å². The number of carbonyl (C=O) groups excluding carboxylic acids is 1. The molecular weight excluding hydrogens is 266 g/mol. The van der Waals surface area contributed by atoms with Gasteiger partial charge in [-0.25, -0.2) is 9.78 Å². The van der Waals surface area contributed by atoms with E-state index >= 15 is 0 Å². The first-order valence-electron chi connectivity index (χ1n) is 7.10. The van der Waals surface area contributed by atoms with Crippen molar-refractivity contribution in [2.75, 3.05) is 13.7 Å². The van der Waals surface area contributed by atoms with Crippen LogP contribution in [0.25, 0.3) is 0 Å². The Morgan fingerprint density at radius 3 is 2.71 bits per heavy atom. The molecule has 1 heterocycles. The van der Waals surface area contributed by atoms with Crippen molar-refractivity contribution in [3.63, 3.8) is 0 Å². The van der Waals surface area contributed by atoms with Crippen LogP contribution in [0.5, 0.6) is 0 Å². The molecular formula is C16H21N3O2. The molecule has 0 aliphatic rings. The molecule has 2 aromatic rings. The smallest absolute Gasteiger partial charge is 0.331 e. The van der Waals surface area contributed by atoms with Gasteiger partial charge >= 0.3 is 5.97 Å². The number of benzene rings is 1. The molecule has 0 saturated heterocycles. The highest BCUT2D eigenvalue weighted by Crippen LogP contribution is 2.27. The summed E-state index contributed by atoms with van der Waals surface area (Å²) >= 11 is 0. The van der Waals surface area contributed by atoms with E-state index in [4.69, 9.17) is 4.74 Å². The molecule has 0 amide bonds. The van der Waals surface area contributed by atoms with Crippen molar-refractivity contribution >= 4 is 5.97 Å². The zero-order valence-corrected chi connectivity index (χ0v) is 12.5. The molecule has 0 saturated carbocycles. The largest absolute Gasteiger partial charge is 0.464 e. The number of rotatable bonds is 7. The summed E-state index contributed by atoms with van der Waals surface area (Å²) in [6.45, 7) is 2.86. The summed E-state index contributed by atoms with van der Waals surface area (Å²) in [4.78, 5) is 16.6. The van der Waals surface area contributed by atoms with Gasteiger partial charge in [0.15, 0.2) is 0 Å². The molecule has 21 heavy (non-hydrogen) atoms. The lowest BCUT2D eigenvalue weighted by Crippen LogP contribution is -2.49. The number of nitrogens with zero attached hydrogens (tertiary/aromatic N) is 2. The summed E-state index contributed by atoms with van der Waals surface area (Å²) < 4.78 is 7.25. The lowest BCUT2D eigenvalue weighted by molar-refractivity contribution is -0.152. The fourth-order valence-electron chi connectivity index (χ4n) is 2.43. The number of nitrogens with one attached hydrogen (secondary N) is 1. The minimum atomic E-state index is -0.846. The molecule has 5 heteroatoms. The monoisotopic (exact) mass is 287 g/mol. The quantitative estimate of drug-likeness (QED) is 0.791. The summed E-state index contributed by atoms with van der Waals surface area (Å²) in [7, 11) is 1.79. The second-order valence-electron chi connectivity index (χ2n) is 4.79. The molecule has 0 aliphatic heterocycles. The first-order valence-corrected chi connectivity index (χ1v) is 7.10. The Bertz CT molecular complexity index is 554. The number of aryl methyl sites for hydroxylation is 1. The van der Waals surface area contributed by atoms with Crippen LogP contribution in [0.2, 0.25) is 0 Å². The Labute approximate surface area is 125 Å². The van der Waals surface area contributed by atoms with Crippen molar-refractivity contribution in [3.05, 3.63) is 54.6 Å². The SMILES string of the molecule is CCOC(=O)C(CCn1ccnc1)(NC)c1ccccc1. The molecule has 112 valence electrons. The van der Waals surface area contributed by atoms with E-state index < -0.39 is 5.54 Å². The second-order valence-corrected chi connectivity index (χ2v) is 4.79. The van der Waals surface area contributed by atoms with Gasteiger partial charge in [0.25, 0.3) is 0 Å². The number of hydrogen-bond acceptors (Lipinski definition) is 4. The molecule has 5 nitrogen and oxygen atoms in total. The van der Waals surface area contributed by atoms with Gasteiger partial charge < -0.3 is 14.6 Å². The van der Waals surface area contributed by atoms with Gasteiger partial charge in [-0.15, -0.1) is 0 Å². The van der Waals surface area contributed by atoms with Gasteiger partial charge in [-0.2, -0.15) is 0 Å². The minimum absolute atomic E-state index is 0.251. The molecule has 1 aromatic heterocycles. The van der Waals surface area contributed by atoms with Gasteiger partial charge in [-0.3, -0.25) is 0 Å². The standard InChI is InChI=1S/C16H21N3O2/c1-3-21-15(20)16(17-2,14-7-5-4-6-8-14)9-11-19-12-10-18-13-19/h4-8,10,12-13,17H,3,9,11H2,1-2H3. The van der Waals surface area contributed by atoms with Crippen LogP contribution >= 0.6 is 0 Å². The van der Waals surface area contributed by atoms with Gasteiger partial charge in [0.05, 0.1) is 12.9 Å². The highest BCUT2D eigenvalue weighted by Gasteiger charge is 2.39. The van der Waals surface area contributed by atoms with Gasteiger partial charge in [0, 0.05) is 18.9 Å². The number of aromatic nitrogens is 2. The highest BCUT2D eigenvalue weighted by molar-refractivity contribution is 5.82. The van der Waals surface area contributed by atoms with Crippen molar-refractivity contribution in [3.8, 4) is 0 Å². The first-order chi connectivity index (χ1) is 10.2. The van der Waals surface area contributed by atoms with Crippen molar-refractivity contribution in [1.29, 1.82) is 0 Å². The Hall–Kier alpha value is -2.14. The zero-order chi connectivity index (χ0) is 15.1.